The van der Waals surface area contributed by atoms with Crippen LogP contribution >= 0.6 is 12.2 Å². The lowest BCUT2D eigenvalue weighted by atomic mass is 9.67. The predicted molar refractivity (Wildman–Crippen MR) is 103 cm³/mol. The first-order valence-electron chi connectivity index (χ1n) is 8.26. The van der Waals surface area contributed by atoms with Crippen LogP contribution in [0.3, 0.4) is 0 Å². The van der Waals surface area contributed by atoms with Gasteiger partial charge in [-0.05, 0) is 16.7 Å². The van der Waals surface area contributed by atoms with E-state index < -0.39 is 5.41 Å². The Hall–Kier alpha value is -2.78. The number of thiocarbonyl (C=S) groups is 1. The number of hydrogen-bond donors (Lipinski definition) is 0. The van der Waals surface area contributed by atoms with E-state index in [1.54, 1.807) is 4.90 Å². The van der Waals surface area contributed by atoms with Crippen LogP contribution in [0.15, 0.2) is 91.0 Å². The highest BCUT2D eigenvalue weighted by molar-refractivity contribution is 7.80. The minimum Gasteiger partial charge on any atom is -0.299 e. The second-order valence-corrected chi connectivity index (χ2v) is 6.55. The Morgan fingerprint density at radius 3 is 1.60 bits per heavy atom. The molecule has 0 saturated carbocycles. The average Bonchev–Trinajstić information content (AvgIpc) is 2.69. The summed E-state index contributed by atoms with van der Waals surface area (Å²) >= 11 is 5.78. The molecule has 2 nitrogen and oxygen atoms in total. The van der Waals surface area contributed by atoms with Crippen LogP contribution in [0.1, 0.15) is 16.7 Å². The molecule has 0 N–H and O–H groups in total. The molecule has 1 heterocycles. The van der Waals surface area contributed by atoms with Crippen molar-refractivity contribution in [1.82, 2.24) is 4.90 Å². The first-order chi connectivity index (χ1) is 12.2. The third-order valence-electron chi connectivity index (χ3n) is 4.73. The van der Waals surface area contributed by atoms with E-state index in [1.165, 1.54) is 0 Å². The number of β-lactam (4-membered cyclic amide) rings is 1. The summed E-state index contributed by atoms with van der Waals surface area (Å²) in [5, 5.41) is 0. The summed E-state index contributed by atoms with van der Waals surface area (Å²) in [7, 11) is 0. The molecule has 1 saturated heterocycles. The van der Waals surface area contributed by atoms with Crippen LogP contribution in [-0.2, 0) is 16.8 Å². The van der Waals surface area contributed by atoms with E-state index >= 15 is 0 Å². The molecule has 4 rings (SSSR count). The van der Waals surface area contributed by atoms with Gasteiger partial charge in [0.25, 0.3) is 0 Å². The van der Waals surface area contributed by atoms with Gasteiger partial charge < -0.3 is 0 Å². The molecule has 25 heavy (non-hydrogen) atoms. The maximum absolute atomic E-state index is 13.3. The van der Waals surface area contributed by atoms with Crippen molar-refractivity contribution < 1.29 is 4.79 Å². The first-order valence-corrected chi connectivity index (χ1v) is 8.67. The highest BCUT2D eigenvalue weighted by Gasteiger charge is 2.59. The van der Waals surface area contributed by atoms with Crippen molar-refractivity contribution in [3.05, 3.63) is 108 Å². The predicted octanol–water partition coefficient (Wildman–Crippen LogP) is 4.34. The van der Waals surface area contributed by atoms with Crippen LogP contribution in [0.4, 0.5) is 0 Å². The van der Waals surface area contributed by atoms with Gasteiger partial charge in [0, 0.05) is 0 Å². The van der Waals surface area contributed by atoms with Gasteiger partial charge in [0.2, 0.25) is 5.91 Å². The van der Waals surface area contributed by atoms with Crippen molar-refractivity contribution in [3.63, 3.8) is 0 Å². The van der Waals surface area contributed by atoms with Crippen LogP contribution in [0.2, 0.25) is 0 Å². The number of nitrogens with zero attached hydrogens (tertiary/aromatic N) is 1. The molecule has 0 atom stereocenters. The molecule has 1 aliphatic rings. The molecule has 3 aromatic rings. The quantitative estimate of drug-likeness (QED) is 0.519. The Morgan fingerprint density at radius 2 is 1.16 bits per heavy atom. The summed E-state index contributed by atoms with van der Waals surface area (Å²) in [6.45, 7) is 0.514. The van der Waals surface area contributed by atoms with Gasteiger partial charge in [-0.1, -0.05) is 103 Å². The average molecular weight is 343 g/mol. The molecule has 0 bridgehead atoms. The summed E-state index contributed by atoms with van der Waals surface area (Å²) in [5.41, 5.74) is 2.08. The van der Waals surface area contributed by atoms with E-state index in [0.29, 0.717) is 11.5 Å². The fourth-order valence-electron chi connectivity index (χ4n) is 3.48. The summed E-state index contributed by atoms with van der Waals surface area (Å²) in [5.74, 6) is 0.0405. The number of carbonyl (C=O) groups excluding carboxylic acids is 1. The molecule has 0 spiro atoms. The van der Waals surface area contributed by atoms with Crippen LogP contribution < -0.4 is 0 Å². The fraction of sp³-hybridized carbons (Fsp3) is 0.0909. The second-order valence-electron chi connectivity index (χ2n) is 6.16. The minimum atomic E-state index is -0.855. The third kappa shape index (κ3) is 2.39. The second kappa shape index (κ2) is 6.26. The highest BCUT2D eigenvalue weighted by atomic mass is 32.1. The van der Waals surface area contributed by atoms with Crippen molar-refractivity contribution in [2.24, 2.45) is 0 Å². The SMILES string of the molecule is O=C1N(Cc2ccccc2)C(=S)C1(c1ccccc1)c1ccccc1. The lowest BCUT2D eigenvalue weighted by molar-refractivity contribution is -0.135. The topological polar surface area (TPSA) is 20.3 Å². The van der Waals surface area contributed by atoms with Crippen molar-refractivity contribution in [1.29, 1.82) is 0 Å². The van der Waals surface area contributed by atoms with Crippen LogP contribution in [0.25, 0.3) is 0 Å². The largest absolute Gasteiger partial charge is 0.299 e. The standard InChI is InChI=1S/C22H17NOS/c24-20-22(18-12-6-2-7-13-18,19-14-8-3-9-15-19)21(25)23(20)16-17-10-4-1-5-11-17/h1-15H,16H2. The molecule has 0 aliphatic carbocycles. The Balaban J connectivity index is 1.77. The van der Waals surface area contributed by atoms with Crippen LogP contribution in [-0.4, -0.2) is 15.8 Å². The van der Waals surface area contributed by atoms with Crippen LogP contribution in [0, 0.1) is 0 Å². The molecule has 0 radical (unpaired) electrons. The fourth-order valence-corrected chi connectivity index (χ4v) is 3.95. The molecule has 0 unspecified atom stereocenters. The molecule has 3 heteroatoms. The van der Waals surface area contributed by atoms with Gasteiger partial charge in [-0.3, -0.25) is 9.69 Å². The molecule has 3 aromatic carbocycles. The minimum absolute atomic E-state index is 0.0405. The van der Waals surface area contributed by atoms with Gasteiger partial charge >= 0.3 is 0 Å². The zero-order valence-electron chi connectivity index (χ0n) is 13.6. The van der Waals surface area contributed by atoms with Crippen molar-refractivity contribution >= 4 is 23.1 Å². The molecule has 1 amide bonds. The van der Waals surface area contributed by atoms with E-state index in [1.807, 2.05) is 91.0 Å². The van der Waals surface area contributed by atoms with Crippen molar-refractivity contribution in [3.8, 4) is 0 Å². The van der Waals surface area contributed by atoms with Crippen molar-refractivity contribution in [2.75, 3.05) is 0 Å². The Labute approximate surface area is 152 Å². The number of likely N-dealkylation sites (tertiary alicyclic amines) is 1. The highest BCUT2D eigenvalue weighted by Crippen LogP contribution is 2.44. The van der Waals surface area contributed by atoms with Gasteiger partial charge in [-0.25, -0.2) is 0 Å². The number of carbonyl (C=O) groups is 1. The van der Waals surface area contributed by atoms with Gasteiger partial charge in [-0.2, -0.15) is 0 Å². The molecule has 0 aromatic heterocycles. The lowest BCUT2D eigenvalue weighted by Crippen LogP contribution is -2.68. The van der Waals surface area contributed by atoms with Gasteiger partial charge in [0.1, 0.15) is 4.99 Å². The summed E-state index contributed by atoms with van der Waals surface area (Å²) < 4.78 is 0. The van der Waals surface area contributed by atoms with E-state index in [2.05, 4.69) is 0 Å². The smallest absolute Gasteiger partial charge is 0.249 e. The summed E-state index contributed by atoms with van der Waals surface area (Å²) in [4.78, 5) is 15.7. The maximum atomic E-state index is 13.3. The van der Waals surface area contributed by atoms with Gasteiger partial charge in [-0.15, -0.1) is 0 Å². The van der Waals surface area contributed by atoms with Gasteiger partial charge in [0.15, 0.2) is 5.41 Å². The third-order valence-corrected chi connectivity index (χ3v) is 5.26. The Bertz CT molecular complexity index is 849. The first kappa shape index (κ1) is 15.7. The van der Waals surface area contributed by atoms with E-state index in [4.69, 9.17) is 12.2 Å². The molecule has 122 valence electrons. The zero-order chi connectivity index (χ0) is 17.3. The lowest BCUT2D eigenvalue weighted by Gasteiger charge is -2.50. The maximum Gasteiger partial charge on any atom is 0.249 e. The molecular formula is C22H17NOS. The van der Waals surface area contributed by atoms with E-state index in [9.17, 15) is 4.79 Å². The van der Waals surface area contributed by atoms with E-state index in [0.717, 1.165) is 16.7 Å². The number of hydrogen-bond acceptors (Lipinski definition) is 2. The van der Waals surface area contributed by atoms with Crippen molar-refractivity contribution in [2.45, 2.75) is 12.0 Å². The number of rotatable bonds is 4. The normalized spacial score (nSPS) is 15.8. The Kier molecular flexibility index (Phi) is 3.94. The molecule has 1 aliphatic heterocycles. The van der Waals surface area contributed by atoms with E-state index in [-0.39, 0.29) is 5.91 Å². The number of amides is 1. The van der Waals surface area contributed by atoms with Crippen LogP contribution in [0.5, 0.6) is 0 Å². The Morgan fingerprint density at radius 1 is 0.720 bits per heavy atom. The summed E-state index contributed by atoms with van der Waals surface area (Å²) in [6.07, 6.45) is 0. The zero-order valence-corrected chi connectivity index (χ0v) is 14.4. The summed E-state index contributed by atoms with van der Waals surface area (Å²) in [6, 6.07) is 29.6. The number of benzene rings is 3. The molecule has 1 fully saturated rings. The van der Waals surface area contributed by atoms with Gasteiger partial charge in [0.05, 0.1) is 6.54 Å². The molecular weight excluding hydrogens is 326 g/mol. The monoisotopic (exact) mass is 343 g/mol.